The minimum Gasteiger partial charge on any atom is -0.325 e. The topological polar surface area (TPSA) is 76.0 Å². The Balaban J connectivity index is 1.58. The molecular weight excluding hydrogens is 416 g/mol. The van der Waals surface area contributed by atoms with E-state index in [-0.39, 0.29) is 5.69 Å². The Hall–Kier alpha value is -3.69. The second-order valence-corrected chi connectivity index (χ2v) is 7.06. The van der Waals surface area contributed by atoms with Gasteiger partial charge in [-0.2, -0.15) is 18.3 Å². The molecule has 0 spiro atoms. The van der Waals surface area contributed by atoms with Gasteiger partial charge in [-0.1, -0.05) is 24.3 Å². The fraction of sp³-hybridized carbons (Fsp3) is 0.190. The molecule has 1 atom stereocenters. The number of carbonyl (C=O) groups is 2. The van der Waals surface area contributed by atoms with Crippen LogP contribution in [0.5, 0.6) is 0 Å². The van der Waals surface area contributed by atoms with Crippen LogP contribution in [0, 0.1) is 12.7 Å². The van der Waals surface area contributed by atoms with Gasteiger partial charge in [0.15, 0.2) is 0 Å². The molecule has 1 aromatic heterocycles. The van der Waals surface area contributed by atoms with Crippen molar-refractivity contribution in [1.82, 2.24) is 9.78 Å². The van der Waals surface area contributed by atoms with Gasteiger partial charge in [-0.25, -0.2) is 9.07 Å². The summed E-state index contributed by atoms with van der Waals surface area (Å²) in [6.45, 7) is 1.70. The molecule has 0 radical (unpaired) electrons. The molecule has 0 saturated carbocycles. The number of rotatable bonds is 4. The first-order chi connectivity index (χ1) is 14.6. The highest BCUT2D eigenvalue weighted by Gasteiger charge is 2.37. The largest absolute Gasteiger partial charge is 0.418 e. The van der Waals surface area contributed by atoms with E-state index in [0.717, 1.165) is 12.1 Å². The Morgan fingerprint density at radius 2 is 1.84 bits per heavy atom. The summed E-state index contributed by atoms with van der Waals surface area (Å²) in [5.74, 6) is -1.34. The minimum atomic E-state index is -4.63. The van der Waals surface area contributed by atoms with Gasteiger partial charge in [0.05, 0.1) is 23.4 Å². The molecule has 0 saturated heterocycles. The van der Waals surface area contributed by atoms with E-state index in [2.05, 4.69) is 15.7 Å². The van der Waals surface area contributed by atoms with Crippen molar-refractivity contribution in [2.45, 2.75) is 25.6 Å². The summed E-state index contributed by atoms with van der Waals surface area (Å²) in [5, 5.41) is 9.21. The van der Waals surface area contributed by atoms with E-state index in [1.807, 2.05) is 0 Å². The Labute approximate surface area is 173 Å². The Kier molecular flexibility index (Phi) is 5.00. The van der Waals surface area contributed by atoms with Gasteiger partial charge in [0.2, 0.25) is 5.91 Å². The fourth-order valence-corrected chi connectivity index (χ4v) is 3.56. The normalized spacial score (nSPS) is 15.5. The van der Waals surface area contributed by atoms with Crippen LogP contribution in [0.3, 0.4) is 0 Å². The van der Waals surface area contributed by atoms with Gasteiger partial charge in [-0.15, -0.1) is 0 Å². The third kappa shape index (κ3) is 3.88. The van der Waals surface area contributed by atoms with Crippen LogP contribution in [-0.2, 0) is 15.8 Å². The van der Waals surface area contributed by atoms with E-state index in [1.165, 1.54) is 28.9 Å². The van der Waals surface area contributed by atoms with Crippen LogP contribution in [0.15, 0.2) is 48.5 Å². The summed E-state index contributed by atoms with van der Waals surface area (Å²) in [6, 6.07) is 9.21. The van der Waals surface area contributed by atoms with Crippen LogP contribution in [-0.4, -0.2) is 21.6 Å². The van der Waals surface area contributed by atoms with Crippen LogP contribution < -0.4 is 10.6 Å². The zero-order valence-corrected chi connectivity index (χ0v) is 16.1. The van der Waals surface area contributed by atoms with Crippen LogP contribution in [0.25, 0.3) is 11.1 Å². The predicted octanol–water partition coefficient (Wildman–Crippen LogP) is 4.54. The van der Waals surface area contributed by atoms with E-state index in [9.17, 15) is 27.2 Å². The molecule has 160 valence electrons. The molecule has 2 aromatic carbocycles. The van der Waals surface area contributed by atoms with Crippen molar-refractivity contribution in [1.29, 1.82) is 0 Å². The number of halogens is 4. The molecule has 6 nitrogen and oxygen atoms in total. The summed E-state index contributed by atoms with van der Waals surface area (Å²) in [7, 11) is 0. The molecular formula is C21H16F4N4O2. The third-order valence-electron chi connectivity index (χ3n) is 4.94. The summed E-state index contributed by atoms with van der Waals surface area (Å²) >= 11 is 0. The van der Waals surface area contributed by atoms with E-state index < -0.39 is 41.8 Å². The molecule has 31 heavy (non-hydrogen) atoms. The van der Waals surface area contributed by atoms with Gasteiger partial charge in [-0.3, -0.25) is 9.59 Å². The molecule has 10 heteroatoms. The van der Waals surface area contributed by atoms with E-state index in [1.54, 1.807) is 19.1 Å². The average molecular weight is 432 g/mol. The van der Waals surface area contributed by atoms with Crippen molar-refractivity contribution in [2.24, 2.45) is 0 Å². The molecule has 0 bridgehead atoms. The average Bonchev–Trinajstić information content (AvgIpc) is 3.16. The maximum atomic E-state index is 13.2. The minimum absolute atomic E-state index is 0.350. The quantitative estimate of drug-likeness (QED) is 0.595. The van der Waals surface area contributed by atoms with Crippen molar-refractivity contribution < 1.29 is 27.2 Å². The highest BCUT2D eigenvalue weighted by molar-refractivity contribution is 6.04. The van der Waals surface area contributed by atoms with Crippen molar-refractivity contribution in [3.8, 4) is 11.1 Å². The molecule has 4 rings (SSSR count). The maximum absolute atomic E-state index is 13.2. The number of hydrogen-bond donors (Lipinski definition) is 2. The Morgan fingerprint density at radius 3 is 2.52 bits per heavy atom. The smallest absolute Gasteiger partial charge is 0.325 e. The number of fused-ring (bicyclic) bond motifs is 1. The monoisotopic (exact) mass is 432 g/mol. The highest BCUT2D eigenvalue weighted by Crippen LogP contribution is 2.39. The predicted molar refractivity (Wildman–Crippen MR) is 105 cm³/mol. The summed E-state index contributed by atoms with van der Waals surface area (Å²) in [4.78, 5) is 24.9. The molecule has 3 aromatic rings. The molecule has 2 heterocycles. The number of anilines is 2. The Bertz CT molecular complexity index is 1170. The summed E-state index contributed by atoms with van der Waals surface area (Å²) in [6.07, 6.45) is -5.04. The van der Waals surface area contributed by atoms with Crippen LogP contribution in [0.1, 0.15) is 23.7 Å². The van der Waals surface area contributed by atoms with Gasteiger partial charge < -0.3 is 10.6 Å². The highest BCUT2D eigenvalue weighted by atomic mass is 19.4. The SMILES string of the molecule is Cc1nn2c(c1-c1ccc(F)cc1)NC(=O)C2CC(=O)Nc1ccccc1C(F)(F)F. The second-order valence-electron chi connectivity index (χ2n) is 7.06. The van der Waals surface area contributed by atoms with Crippen LogP contribution >= 0.6 is 0 Å². The van der Waals surface area contributed by atoms with Gasteiger partial charge in [0.1, 0.15) is 17.7 Å². The zero-order chi connectivity index (χ0) is 22.3. The zero-order valence-electron chi connectivity index (χ0n) is 16.1. The van der Waals surface area contributed by atoms with Crippen molar-refractivity contribution in [2.75, 3.05) is 10.6 Å². The third-order valence-corrected chi connectivity index (χ3v) is 4.94. The maximum Gasteiger partial charge on any atom is 0.418 e. The lowest BCUT2D eigenvalue weighted by Crippen LogP contribution is -2.24. The van der Waals surface area contributed by atoms with Crippen molar-refractivity contribution >= 4 is 23.3 Å². The van der Waals surface area contributed by atoms with E-state index in [0.29, 0.717) is 22.6 Å². The lowest BCUT2D eigenvalue weighted by atomic mass is 10.1. The number of amides is 2. The molecule has 2 amide bonds. The second kappa shape index (κ2) is 7.53. The molecule has 0 fully saturated rings. The van der Waals surface area contributed by atoms with Crippen LogP contribution in [0.2, 0.25) is 0 Å². The van der Waals surface area contributed by atoms with Gasteiger partial charge >= 0.3 is 6.18 Å². The Morgan fingerprint density at radius 1 is 1.16 bits per heavy atom. The first-order valence-corrected chi connectivity index (χ1v) is 9.27. The lowest BCUT2D eigenvalue weighted by Gasteiger charge is -2.14. The van der Waals surface area contributed by atoms with E-state index >= 15 is 0 Å². The fourth-order valence-electron chi connectivity index (χ4n) is 3.56. The summed E-state index contributed by atoms with van der Waals surface area (Å²) in [5.41, 5.74) is 0.397. The number of aryl methyl sites for hydroxylation is 1. The van der Waals surface area contributed by atoms with Gasteiger partial charge in [0.25, 0.3) is 5.91 Å². The van der Waals surface area contributed by atoms with Gasteiger partial charge in [-0.05, 0) is 36.8 Å². The number of hydrogen-bond acceptors (Lipinski definition) is 3. The number of aromatic nitrogens is 2. The molecule has 0 aliphatic carbocycles. The molecule has 1 unspecified atom stereocenters. The van der Waals surface area contributed by atoms with Crippen LogP contribution in [0.4, 0.5) is 29.1 Å². The standard InChI is InChI=1S/C21H16F4N4O2/c1-11-18(12-6-8-13(22)9-7-12)19-27-20(31)16(29(19)28-11)10-17(30)26-15-5-3-2-4-14(15)21(23,24)25/h2-9,16H,10H2,1H3,(H,26,30)(H,27,31). The molecule has 1 aliphatic heterocycles. The van der Waals surface area contributed by atoms with Crippen molar-refractivity contribution in [3.63, 3.8) is 0 Å². The van der Waals surface area contributed by atoms with E-state index in [4.69, 9.17) is 0 Å². The number of para-hydroxylation sites is 1. The number of carbonyl (C=O) groups excluding carboxylic acids is 2. The van der Waals surface area contributed by atoms with Gasteiger partial charge in [0, 0.05) is 5.56 Å². The first-order valence-electron chi connectivity index (χ1n) is 9.27. The molecule has 1 aliphatic rings. The summed E-state index contributed by atoms with van der Waals surface area (Å²) < 4.78 is 54.0. The lowest BCUT2D eigenvalue weighted by molar-refractivity contribution is -0.137. The number of benzene rings is 2. The number of alkyl halides is 3. The number of nitrogens with one attached hydrogen (secondary N) is 2. The molecule has 2 N–H and O–H groups in total. The first kappa shape index (κ1) is 20.6. The number of nitrogens with zero attached hydrogens (tertiary/aromatic N) is 2. The van der Waals surface area contributed by atoms with Crippen molar-refractivity contribution in [3.05, 3.63) is 65.6 Å².